The SMILES string of the molecule is Cc1ncnc(C)c1C(=O)N1C=C2CN(CCC3(c4ccccc4)CCN(C(=O)c4cccc(S(=O)(=O)N(C)C)c4)CC3)CC2C1. The predicted molar refractivity (Wildman–Crippen MR) is 176 cm³/mol. The molecule has 10 nitrogen and oxygen atoms in total. The molecule has 11 heteroatoms. The molecule has 242 valence electrons. The molecular weight excluding hydrogens is 600 g/mol. The van der Waals surface area contributed by atoms with Gasteiger partial charge in [0.1, 0.15) is 6.33 Å². The quantitative estimate of drug-likeness (QED) is 0.367. The van der Waals surface area contributed by atoms with E-state index < -0.39 is 10.0 Å². The molecule has 6 rings (SSSR count). The van der Waals surface area contributed by atoms with Crippen molar-refractivity contribution in [3.05, 3.63) is 101 Å². The molecule has 2 amide bonds. The number of carbonyl (C=O) groups excluding carboxylic acids is 2. The molecule has 46 heavy (non-hydrogen) atoms. The van der Waals surface area contributed by atoms with Crippen molar-refractivity contribution in [3.8, 4) is 0 Å². The lowest BCUT2D eigenvalue weighted by Crippen LogP contribution is -2.46. The van der Waals surface area contributed by atoms with Crippen LogP contribution in [0.3, 0.4) is 0 Å². The average molecular weight is 643 g/mol. The number of nitrogens with zero attached hydrogens (tertiary/aromatic N) is 6. The fourth-order valence-electron chi connectivity index (χ4n) is 7.22. The number of aromatic nitrogens is 2. The van der Waals surface area contributed by atoms with Crippen molar-refractivity contribution in [2.75, 3.05) is 53.4 Å². The zero-order valence-electron chi connectivity index (χ0n) is 27.0. The van der Waals surface area contributed by atoms with Crippen molar-refractivity contribution in [3.63, 3.8) is 0 Å². The summed E-state index contributed by atoms with van der Waals surface area (Å²) in [4.78, 5) is 41.6. The van der Waals surface area contributed by atoms with Crippen LogP contribution in [-0.2, 0) is 15.4 Å². The van der Waals surface area contributed by atoms with Crippen molar-refractivity contribution in [2.24, 2.45) is 5.92 Å². The molecule has 0 bridgehead atoms. The van der Waals surface area contributed by atoms with Crippen molar-refractivity contribution >= 4 is 21.8 Å². The number of aryl methyl sites for hydroxylation is 2. The highest BCUT2D eigenvalue weighted by Gasteiger charge is 2.40. The summed E-state index contributed by atoms with van der Waals surface area (Å²) in [6.45, 7) is 8.28. The Labute approximate surface area is 271 Å². The lowest BCUT2D eigenvalue weighted by molar-refractivity contribution is 0.0650. The molecule has 2 saturated heterocycles. The highest BCUT2D eigenvalue weighted by Crippen LogP contribution is 2.40. The van der Waals surface area contributed by atoms with Gasteiger partial charge in [-0.25, -0.2) is 22.7 Å². The molecule has 3 aromatic rings. The van der Waals surface area contributed by atoms with Gasteiger partial charge in [0.05, 0.1) is 21.8 Å². The van der Waals surface area contributed by atoms with Gasteiger partial charge >= 0.3 is 0 Å². The zero-order chi connectivity index (χ0) is 32.6. The molecule has 1 aromatic heterocycles. The Morgan fingerprint density at radius 2 is 1.63 bits per heavy atom. The molecule has 0 radical (unpaired) electrons. The number of rotatable bonds is 8. The first-order chi connectivity index (χ1) is 22.0. The number of fused-ring (bicyclic) bond motifs is 1. The van der Waals surface area contributed by atoms with Crippen LogP contribution in [0.2, 0.25) is 0 Å². The minimum absolute atomic E-state index is 0.0283. The summed E-state index contributed by atoms with van der Waals surface area (Å²) in [6.07, 6.45) is 6.17. The van der Waals surface area contributed by atoms with Gasteiger partial charge in [0.25, 0.3) is 11.8 Å². The lowest BCUT2D eigenvalue weighted by Gasteiger charge is -2.43. The van der Waals surface area contributed by atoms with Gasteiger partial charge in [-0.2, -0.15) is 0 Å². The Morgan fingerprint density at radius 3 is 2.28 bits per heavy atom. The van der Waals surface area contributed by atoms with E-state index in [4.69, 9.17) is 0 Å². The highest BCUT2D eigenvalue weighted by molar-refractivity contribution is 7.89. The molecule has 0 saturated carbocycles. The molecule has 2 aromatic carbocycles. The smallest absolute Gasteiger partial charge is 0.261 e. The normalized spacial score (nSPS) is 19.8. The number of sulfonamides is 1. The van der Waals surface area contributed by atoms with Gasteiger partial charge < -0.3 is 9.80 Å². The van der Waals surface area contributed by atoms with Crippen LogP contribution in [0.25, 0.3) is 0 Å². The standard InChI is InChI=1S/C35H42N6O4S/c1-25-32(26(2)37-24-36-25)34(43)41-22-28-20-39(21-29(28)23-41)16-13-35(30-10-6-5-7-11-30)14-17-40(18-15-35)33(42)27-9-8-12-31(19-27)46(44,45)38(3)4/h5-12,19,22,24,29H,13-18,20-21,23H2,1-4H3. The van der Waals surface area contributed by atoms with E-state index in [0.717, 1.165) is 43.2 Å². The van der Waals surface area contributed by atoms with Crippen molar-refractivity contribution in [2.45, 2.75) is 43.4 Å². The molecule has 4 heterocycles. The maximum Gasteiger partial charge on any atom is 0.261 e. The van der Waals surface area contributed by atoms with E-state index in [-0.39, 0.29) is 22.1 Å². The predicted octanol–water partition coefficient (Wildman–Crippen LogP) is 3.88. The third-order valence-corrected chi connectivity index (χ3v) is 11.8. The van der Waals surface area contributed by atoms with Crippen LogP contribution in [0.4, 0.5) is 0 Å². The topological polar surface area (TPSA) is 107 Å². The van der Waals surface area contributed by atoms with Gasteiger partial charge in [-0.1, -0.05) is 36.4 Å². The summed E-state index contributed by atoms with van der Waals surface area (Å²) in [5.74, 6) is 0.163. The second-order valence-electron chi connectivity index (χ2n) is 13.0. The highest BCUT2D eigenvalue weighted by atomic mass is 32.2. The van der Waals surface area contributed by atoms with Gasteiger partial charge in [-0.05, 0) is 74.4 Å². The molecule has 0 aliphatic carbocycles. The van der Waals surface area contributed by atoms with Crippen LogP contribution in [0.1, 0.15) is 56.9 Å². The number of amides is 2. The zero-order valence-corrected chi connectivity index (χ0v) is 27.8. The maximum atomic E-state index is 13.5. The Hall–Kier alpha value is -3.93. The first-order valence-electron chi connectivity index (χ1n) is 15.9. The van der Waals surface area contributed by atoms with Crippen LogP contribution in [-0.4, -0.2) is 103 Å². The first-order valence-corrected chi connectivity index (χ1v) is 17.3. The fourth-order valence-corrected chi connectivity index (χ4v) is 8.17. The van der Waals surface area contributed by atoms with E-state index in [1.807, 2.05) is 35.9 Å². The summed E-state index contributed by atoms with van der Waals surface area (Å²) >= 11 is 0. The van der Waals surface area contributed by atoms with Crippen LogP contribution in [0.5, 0.6) is 0 Å². The fraction of sp³-hybridized carbons (Fsp3) is 0.429. The van der Waals surface area contributed by atoms with Crippen molar-refractivity contribution in [1.82, 2.24) is 29.0 Å². The molecular formula is C35H42N6O4S. The van der Waals surface area contributed by atoms with E-state index in [9.17, 15) is 18.0 Å². The van der Waals surface area contributed by atoms with Crippen LogP contribution < -0.4 is 0 Å². The minimum atomic E-state index is -3.63. The third kappa shape index (κ3) is 6.11. The van der Waals surface area contributed by atoms with Crippen molar-refractivity contribution in [1.29, 1.82) is 0 Å². The Bertz CT molecular complexity index is 1750. The minimum Gasteiger partial charge on any atom is -0.339 e. The van der Waals surface area contributed by atoms with Gasteiger partial charge in [-0.3, -0.25) is 14.5 Å². The number of likely N-dealkylation sites (tertiary alicyclic amines) is 2. The Balaban J connectivity index is 1.12. The van der Waals surface area contributed by atoms with Crippen molar-refractivity contribution < 1.29 is 18.0 Å². The van der Waals surface area contributed by atoms with E-state index >= 15 is 0 Å². The second kappa shape index (κ2) is 12.7. The summed E-state index contributed by atoms with van der Waals surface area (Å²) in [5.41, 5.74) is 4.94. The molecule has 0 spiro atoms. The molecule has 1 atom stereocenters. The van der Waals surface area contributed by atoms with Gasteiger partial charge in [0.2, 0.25) is 10.0 Å². The first kappa shape index (κ1) is 32.0. The summed E-state index contributed by atoms with van der Waals surface area (Å²) in [6, 6.07) is 17.0. The van der Waals surface area contributed by atoms with Gasteiger partial charge in [0.15, 0.2) is 0 Å². The largest absolute Gasteiger partial charge is 0.339 e. The number of hydrogen-bond acceptors (Lipinski definition) is 7. The van der Waals surface area contributed by atoms with E-state index in [1.165, 1.54) is 43.7 Å². The Morgan fingerprint density at radius 1 is 0.935 bits per heavy atom. The number of hydrogen-bond donors (Lipinski definition) is 0. The number of carbonyl (C=O) groups is 2. The molecule has 3 aliphatic heterocycles. The number of benzene rings is 2. The van der Waals surface area contributed by atoms with E-state index in [2.05, 4.69) is 39.1 Å². The van der Waals surface area contributed by atoms with E-state index in [1.54, 1.807) is 12.1 Å². The molecule has 0 N–H and O–H groups in total. The maximum absolute atomic E-state index is 13.5. The summed E-state index contributed by atoms with van der Waals surface area (Å²) in [5, 5.41) is 0. The average Bonchev–Trinajstić information content (AvgIpc) is 3.63. The van der Waals surface area contributed by atoms with Crippen LogP contribution in [0, 0.1) is 19.8 Å². The van der Waals surface area contributed by atoms with Gasteiger partial charge in [-0.15, -0.1) is 0 Å². The molecule has 3 aliphatic rings. The monoisotopic (exact) mass is 642 g/mol. The number of piperidine rings is 1. The lowest BCUT2D eigenvalue weighted by atomic mass is 9.70. The summed E-state index contributed by atoms with van der Waals surface area (Å²) < 4.78 is 26.5. The van der Waals surface area contributed by atoms with E-state index in [0.29, 0.717) is 48.1 Å². The Kier molecular flexibility index (Phi) is 8.84. The third-order valence-electron chi connectivity index (χ3n) is 10.0. The molecule has 1 unspecified atom stereocenters. The second-order valence-corrected chi connectivity index (χ2v) is 15.2. The van der Waals surface area contributed by atoms with Gasteiger partial charge in [0, 0.05) is 64.5 Å². The molecule has 2 fully saturated rings. The summed E-state index contributed by atoms with van der Waals surface area (Å²) in [7, 11) is -0.657. The van der Waals surface area contributed by atoms with Crippen LogP contribution in [0.15, 0.2) is 77.6 Å². The van der Waals surface area contributed by atoms with Crippen LogP contribution >= 0.6 is 0 Å².